The monoisotopic (exact) mass is 664 g/mol. The highest BCUT2D eigenvalue weighted by atomic mass is 32.2. The average Bonchev–Trinajstić information content (AvgIpc) is 3.67. The number of amides is 2. The van der Waals surface area contributed by atoms with E-state index in [9.17, 15) is 27.9 Å². The van der Waals surface area contributed by atoms with Gasteiger partial charge in [0.1, 0.15) is 0 Å². The number of nitrogens with one attached hydrogen (secondary N) is 1. The van der Waals surface area contributed by atoms with Crippen LogP contribution in [0.15, 0.2) is 83.2 Å². The smallest absolute Gasteiger partial charge is 0.415 e. The number of carbonyl (C=O) groups excluding carboxylic acids is 3. The van der Waals surface area contributed by atoms with E-state index in [1.54, 1.807) is 41.9 Å². The second kappa shape index (κ2) is 14.1. The van der Waals surface area contributed by atoms with Crippen molar-refractivity contribution in [1.29, 1.82) is 0 Å². The van der Waals surface area contributed by atoms with Gasteiger partial charge in [-0.15, -0.1) is 11.3 Å². The fourth-order valence-electron chi connectivity index (χ4n) is 5.29. The molecule has 0 unspecified atom stereocenters. The predicted octanol–water partition coefficient (Wildman–Crippen LogP) is 4.26. The molecule has 242 valence electrons. The summed E-state index contributed by atoms with van der Waals surface area (Å²) in [5, 5.41) is 14.4. The largest absolute Gasteiger partial charge is 0.434 e. The minimum atomic E-state index is -4.03. The number of Topliss-reactive ketones (excluding diaryl/α,β-unsaturated/α-hetero) is 1. The molecule has 3 atom stereocenters. The van der Waals surface area contributed by atoms with Crippen molar-refractivity contribution in [3.05, 3.63) is 89.4 Å². The van der Waals surface area contributed by atoms with Gasteiger partial charge in [0.05, 0.1) is 39.3 Å². The third-order valence-corrected chi connectivity index (χ3v) is 10.3. The van der Waals surface area contributed by atoms with Gasteiger partial charge in [0.25, 0.3) is 5.91 Å². The van der Waals surface area contributed by atoms with Crippen molar-refractivity contribution in [2.45, 2.75) is 50.3 Å². The van der Waals surface area contributed by atoms with Gasteiger partial charge < -0.3 is 15.2 Å². The van der Waals surface area contributed by atoms with Crippen LogP contribution in [0.3, 0.4) is 0 Å². The Hall–Kier alpha value is -4.17. The van der Waals surface area contributed by atoms with Gasteiger partial charge in [0.15, 0.2) is 11.9 Å². The van der Waals surface area contributed by atoms with E-state index >= 15 is 0 Å². The molecule has 2 amide bonds. The van der Waals surface area contributed by atoms with Gasteiger partial charge >= 0.3 is 6.09 Å². The van der Waals surface area contributed by atoms with Gasteiger partial charge in [0, 0.05) is 24.3 Å². The van der Waals surface area contributed by atoms with Gasteiger partial charge in [-0.2, -0.15) is 4.31 Å². The van der Waals surface area contributed by atoms with Crippen molar-refractivity contribution in [2.75, 3.05) is 24.5 Å². The molecule has 46 heavy (non-hydrogen) atoms. The Labute approximate surface area is 271 Å². The number of carbonyl (C=O) groups is 3. The molecule has 11 nitrogen and oxygen atoms in total. The number of hydrogen-bond donors (Lipinski definition) is 2. The minimum absolute atomic E-state index is 0.0540. The van der Waals surface area contributed by atoms with Crippen LogP contribution in [-0.2, 0) is 26.0 Å². The molecule has 0 spiro atoms. The predicted molar refractivity (Wildman–Crippen MR) is 175 cm³/mol. The van der Waals surface area contributed by atoms with Crippen LogP contribution in [0, 0.1) is 5.92 Å². The molecule has 1 aliphatic rings. The first kappa shape index (κ1) is 33.2. The maximum Gasteiger partial charge on any atom is 0.415 e. The molecule has 5 rings (SSSR count). The summed E-state index contributed by atoms with van der Waals surface area (Å²) in [5.41, 5.74) is 3.99. The van der Waals surface area contributed by atoms with Gasteiger partial charge in [-0.1, -0.05) is 56.3 Å². The van der Waals surface area contributed by atoms with Crippen molar-refractivity contribution >= 4 is 55.0 Å². The second-order valence-corrected chi connectivity index (χ2v) is 14.5. The van der Waals surface area contributed by atoms with Crippen molar-refractivity contribution in [1.82, 2.24) is 14.6 Å². The van der Waals surface area contributed by atoms with Crippen molar-refractivity contribution in [3.8, 4) is 0 Å². The van der Waals surface area contributed by atoms with E-state index in [0.717, 1.165) is 10.3 Å². The fourth-order valence-corrected chi connectivity index (χ4v) is 7.73. The van der Waals surface area contributed by atoms with E-state index in [1.807, 2.05) is 44.2 Å². The number of aromatic nitrogens is 1. The van der Waals surface area contributed by atoms with Gasteiger partial charge in [0.2, 0.25) is 10.0 Å². The molecule has 1 aliphatic heterocycles. The topological polar surface area (TPSA) is 146 Å². The maximum atomic E-state index is 13.9. The molecule has 0 aliphatic carbocycles. The lowest BCUT2D eigenvalue weighted by Gasteiger charge is -2.31. The molecule has 1 saturated heterocycles. The fraction of sp³-hybridized carbons (Fsp3) is 0.333. The molecule has 1 aromatic heterocycles. The SMILES string of the molecule is CC(=O)c1cccc(N2C[C@@H](C(=O)N[C@@H](Cc3ccccc3)[C@H](O)CN(CC(C)C)S(=O)(=O)c3ccc4ncsc4c3)OC2=O)c1. The zero-order valence-electron chi connectivity index (χ0n) is 25.7. The highest BCUT2D eigenvalue weighted by Crippen LogP contribution is 2.26. The van der Waals surface area contributed by atoms with Gasteiger partial charge in [-0.3, -0.25) is 14.5 Å². The minimum Gasteiger partial charge on any atom is -0.434 e. The zero-order valence-corrected chi connectivity index (χ0v) is 27.3. The number of aliphatic hydroxyl groups is 1. The van der Waals surface area contributed by atoms with Crippen LogP contribution in [0.4, 0.5) is 10.5 Å². The number of thiazole rings is 1. The Balaban J connectivity index is 1.36. The normalized spacial score (nSPS) is 16.5. The average molecular weight is 665 g/mol. The van der Waals surface area contributed by atoms with Crippen molar-refractivity contribution in [2.24, 2.45) is 5.92 Å². The van der Waals surface area contributed by atoms with Crippen molar-refractivity contribution in [3.63, 3.8) is 0 Å². The molecule has 2 N–H and O–H groups in total. The molecule has 0 radical (unpaired) electrons. The quantitative estimate of drug-likeness (QED) is 0.202. The summed E-state index contributed by atoms with van der Waals surface area (Å²) in [7, 11) is -4.03. The molecule has 2 heterocycles. The van der Waals surface area contributed by atoms with Gasteiger partial charge in [-0.05, 0) is 55.2 Å². The lowest BCUT2D eigenvalue weighted by Crippen LogP contribution is -2.53. The molecular weight excluding hydrogens is 629 g/mol. The Morgan fingerprint density at radius 3 is 2.57 bits per heavy atom. The summed E-state index contributed by atoms with van der Waals surface area (Å²) in [6.45, 7) is 4.94. The lowest BCUT2D eigenvalue weighted by molar-refractivity contribution is -0.129. The maximum absolute atomic E-state index is 13.9. The van der Waals surface area contributed by atoms with Crippen LogP contribution in [0.2, 0.25) is 0 Å². The third-order valence-electron chi connectivity index (χ3n) is 7.66. The number of hydrogen-bond acceptors (Lipinski definition) is 9. The highest BCUT2D eigenvalue weighted by Gasteiger charge is 2.39. The molecule has 0 saturated carbocycles. The Morgan fingerprint density at radius 2 is 1.85 bits per heavy atom. The van der Waals surface area contributed by atoms with E-state index in [1.165, 1.54) is 33.5 Å². The number of sulfonamides is 1. The first-order chi connectivity index (χ1) is 21.9. The standard InChI is InChI=1S/C33H36N4O7S2/c1-21(2)17-36(46(42,43)26-12-13-27-31(16-26)45-20-34-27)18-29(39)28(14-23-8-5-4-6-9-23)35-32(40)30-19-37(33(41)44-30)25-11-7-10-24(15-25)22(3)38/h4-13,15-16,20-21,28-30,39H,14,17-19H2,1-3H3,(H,35,40)/t28-,29+,30-/m0/s1. The number of cyclic esters (lactones) is 1. The van der Waals surface area contributed by atoms with E-state index in [2.05, 4.69) is 10.3 Å². The Morgan fingerprint density at radius 1 is 1.09 bits per heavy atom. The summed E-state index contributed by atoms with van der Waals surface area (Å²) in [5.74, 6) is -0.854. The number of anilines is 1. The Bertz CT molecular complexity index is 1830. The number of ether oxygens (including phenoxy) is 1. The number of benzene rings is 3. The lowest BCUT2D eigenvalue weighted by atomic mass is 10.0. The van der Waals surface area contributed by atoms with Crippen LogP contribution in [-0.4, -0.2) is 78.5 Å². The third kappa shape index (κ3) is 7.61. The van der Waals surface area contributed by atoms with Crippen molar-refractivity contribution < 1.29 is 32.6 Å². The van der Waals surface area contributed by atoms with Crippen LogP contribution in [0.5, 0.6) is 0 Å². The van der Waals surface area contributed by atoms with E-state index < -0.39 is 40.3 Å². The summed E-state index contributed by atoms with van der Waals surface area (Å²) in [6.07, 6.45) is -3.06. The highest BCUT2D eigenvalue weighted by molar-refractivity contribution is 7.89. The number of fused-ring (bicyclic) bond motifs is 1. The molecule has 3 aromatic carbocycles. The summed E-state index contributed by atoms with van der Waals surface area (Å²) >= 11 is 1.34. The zero-order chi connectivity index (χ0) is 33.0. The molecule has 13 heteroatoms. The van der Waals surface area contributed by atoms with Crippen LogP contribution in [0.1, 0.15) is 36.7 Å². The molecule has 4 aromatic rings. The summed E-state index contributed by atoms with van der Waals surface area (Å²) in [4.78, 5) is 43.7. The molecule has 1 fully saturated rings. The van der Waals surface area contributed by atoms with E-state index in [-0.39, 0.29) is 42.7 Å². The van der Waals surface area contributed by atoms with E-state index in [0.29, 0.717) is 16.8 Å². The second-order valence-electron chi connectivity index (χ2n) is 11.7. The number of nitrogens with zero attached hydrogens (tertiary/aromatic N) is 3. The van der Waals surface area contributed by atoms with Crippen LogP contribution < -0.4 is 10.2 Å². The number of rotatable bonds is 13. The van der Waals surface area contributed by atoms with Crippen LogP contribution >= 0.6 is 11.3 Å². The molecular formula is C33H36N4O7S2. The van der Waals surface area contributed by atoms with Gasteiger partial charge in [-0.25, -0.2) is 18.2 Å². The number of ketones is 1. The summed E-state index contributed by atoms with van der Waals surface area (Å²) < 4.78 is 35.1. The first-order valence-corrected chi connectivity index (χ1v) is 17.2. The summed E-state index contributed by atoms with van der Waals surface area (Å²) in [6, 6.07) is 19.5. The Kier molecular flexibility index (Phi) is 10.2. The molecule has 0 bridgehead atoms. The van der Waals surface area contributed by atoms with Crippen LogP contribution in [0.25, 0.3) is 10.2 Å². The first-order valence-electron chi connectivity index (χ1n) is 14.9. The van der Waals surface area contributed by atoms with E-state index in [4.69, 9.17) is 4.74 Å². The number of aliphatic hydroxyl groups excluding tert-OH is 1.